The normalized spacial score (nSPS) is 10.2. The van der Waals surface area contributed by atoms with Gasteiger partial charge in [-0.05, 0) is 18.2 Å². The molecule has 2 aromatic rings. The number of nitrogens with one attached hydrogen (secondary N) is 2. The maximum atomic E-state index is 11.7. The Balaban J connectivity index is 1.99. The molecule has 2 amide bonds. The Bertz CT molecular complexity index is 686. The van der Waals surface area contributed by atoms with Crippen molar-refractivity contribution in [1.82, 2.24) is 15.5 Å². The predicted molar refractivity (Wildman–Crippen MR) is 73.3 cm³/mol. The van der Waals surface area contributed by atoms with Crippen molar-refractivity contribution in [3.63, 3.8) is 0 Å². The molecule has 2 rings (SSSR count). The van der Waals surface area contributed by atoms with Crippen molar-refractivity contribution in [3.8, 4) is 0 Å². The van der Waals surface area contributed by atoms with E-state index >= 15 is 0 Å². The van der Waals surface area contributed by atoms with E-state index in [0.29, 0.717) is 11.7 Å². The summed E-state index contributed by atoms with van der Waals surface area (Å²) >= 11 is 5.89. The number of carboxylic acid groups (broad SMARTS) is 1. The van der Waals surface area contributed by atoms with E-state index in [4.69, 9.17) is 21.2 Å². The summed E-state index contributed by atoms with van der Waals surface area (Å²) in [5.41, 5.74) is 0.210. The Hall–Kier alpha value is -2.61. The molecule has 110 valence electrons. The molecule has 1 heterocycles. The van der Waals surface area contributed by atoms with Crippen LogP contribution in [0, 0.1) is 6.92 Å². The highest BCUT2D eigenvalue weighted by atomic mass is 35.5. The van der Waals surface area contributed by atoms with Crippen molar-refractivity contribution in [2.24, 2.45) is 0 Å². The average molecular weight is 311 g/mol. The fourth-order valence-corrected chi connectivity index (χ4v) is 1.66. The van der Waals surface area contributed by atoms with Gasteiger partial charge in [0, 0.05) is 6.92 Å². The van der Waals surface area contributed by atoms with E-state index in [2.05, 4.69) is 20.8 Å². The van der Waals surface area contributed by atoms with Crippen LogP contribution < -0.4 is 10.6 Å². The monoisotopic (exact) mass is 310 g/mol. The number of amides is 2. The molecule has 0 aliphatic rings. The number of carboxylic acids is 1. The highest BCUT2D eigenvalue weighted by molar-refractivity contribution is 6.33. The van der Waals surface area contributed by atoms with Gasteiger partial charge in [-0.2, -0.15) is 4.98 Å². The molecule has 8 nitrogen and oxygen atoms in total. The second kappa shape index (κ2) is 6.23. The summed E-state index contributed by atoms with van der Waals surface area (Å²) < 4.78 is 4.76. The van der Waals surface area contributed by atoms with Crippen molar-refractivity contribution in [1.29, 1.82) is 0 Å². The van der Waals surface area contributed by atoms with Crippen molar-refractivity contribution in [2.45, 2.75) is 13.5 Å². The molecule has 1 aromatic carbocycles. The molecular weight excluding hydrogens is 300 g/mol. The molecule has 0 atom stereocenters. The number of aromatic carboxylic acids is 1. The molecule has 3 N–H and O–H groups in total. The van der Waals surface area contributed by atoms with E-state index < -0.39 is 12.0 Å². The quantitative estimate of drug-likeness (QED) is 0.795. The smallest absolute Gasteiger partial charge is 0.335 e. The molecule has 21 heavy (non-hydrogen) atoms. The van der Waals surface area contributed by atoms with Crippen LogP contribution >= 0.6 is 11.6 Å². The minimum Gasteiger partial charge on any atom is -0.478 e. The Morgan fingerprint density at radius 2 is 2.19 bits per heavy atom. The first-order valence-electron chi connectivity index (χ1n) is 5.82. The van der Waals surface area contributed by atoms with Crippen LogP contribution in [-0.2, 0) is 6.54 Å². The summed E-state index contributed by atoms with van der Waals surface area (Å²) in [4.78, 5) is 26.5. The van der Waals surface area contributed by atoms with Crippen LogP contribution in [0.2, 0.25) is 5.02 Å². The molecule has 0 radical (unpaired) electrons. The third-order valence-electron chi connectivity index (χ3n) is 2.44. The topological polar surface area (TPSA) is 117 Å². The van der Waals surface area contributed by atoms with E-state index in [-0.39, 0.29) is 22.8 Å². The van der Waals surface area contributed by atoms with Gasteiger partial charge in [-0.3, -0.25) is 0 Å². The summed E-state index contributed by atoms with van der Waals surface area (Å²) in [7, 11) is 0. The minimum absolute atomic E-state index is 0.0171. The number of benzene rings is 1. The van der Waals surface area contributed by atoms with E-state index in [9.17, 15) is 9.59 Å². The van der Waals surface area contributed by atoms with Crippen molar-refractivity contribution in [3.05, 3.63) is 40.5 Å². The number of carbonyl (C=O) groups excluding carboxylic acids is 1. The van der Waals surface area contributed by atoms with E-state index in [1.165, 1.54) is 18.2 Å². The highest BCUT2D eigenvalue weighted by Crippen LogP contribution is 2.23. The zero-order chi connectivity index (χ0) is 15.4. The lowest BCUT2D eigenvalue weighted by atomic mass is 10.2. The molecular formula is C12H11ClN4O4. The Labute approximate surface area is 124 Å². The van der Waals surface area contributed by atoms with Gasteiger partial charge >= 0.3 is 12.0 Å². The maximum Gasteiger partial charge on any atom is 0.335 e. The lowest BCUT2D eigenvalue weighted by Gasteiger charge is -2.08. The number of hydrogen-bond donors (Lipinski definition) is 3. The van der Waals surface area contributed by atoms with Gasteiger partial charge in [0.15, 0.2) is 5.82 Å². The van der Waals surface area contributed by atoms with Gasteiger partial charge in [0.05, 0.1) is 22.8 Å². The zero-order valence-corrected chi connectivity index (χ0v) is 11.6. The van der Waals surface area contributed by atoms with Crippen LogP contribution in [0.15, 0.2) is 22.7 Å². The van der Waals surface area contributed by atoms with E-state index in [0.717, 1.165) is 0 Å². The Morgan fingerprint density at radius 1 is 1.43 bits per heavy atom. The lowest BCUT2D eigenvalue weighted by molar-refractivity contribution is 0.0697. The largest absolute Gasteiger partial charge is 0.478 e. The minimum atomic E-state index is -1.11. The molecule has 0 fully saturated rings. The number of aromatic nitrogens is 2. The number of aryl methyl sites for hydroxylation is 1. The molecule has 0 bridgehead atoms. The number of anilines is 1. The summed E-state index contributed by atoms with van der Waals surface area (Å²) in [6, 6.07) is 3.43. The number of urea groups is 1. The molecule has 0 saturated carbocycles. The van der Waals surface area contributed by atoms with Crippen LogP contribution in [0.25, 0.3) is 0 Å². The number of rotatable bonds is 4. The molecule has 0 aliphatic heterocycles. The van der Waals surface area contributed by atoms with Gasteiger partial charge in [-0.15, -0.1) is 0 Å². The van der Waals surface area contributed by atoms with Crippen LogP contribution in [0.3, 0.4) is 0 Å². The van der Waals surface area contributed by atoms with Crippen LogP contribution in [0.5, 0.6) is 0 Å². The van der Waals surface area contributed by atoms with Crippen molar-refractivity contribution < 1.29 is 19.2 Å². The SMILES string of the molecule is Cc1nc(CNC(=O)Nc2cc(C(=O)O)ccc2Cl)no1. The highest BCUT2D eigenvalue weighted by Gasteiger charge is 2.11. The molecule has 0 unspecified atom stereocenters. The second-order valence-electron chi connectivity index (χ2n) is 4.04. The summed E-state index contributed by atoms with van der Waals surface area (Å²) in [5, 5.41) is 17.7. The first-order chi connectivity index (χ1) is 9.95. The van der Waals surface area contributed by atoms with Gasteiger partial charge in [-0.1, -0.05) is 16.8 Å². The number of nitrogens with zero attached hydrogens (tertiary/aromatic N) is 2. The van der Waals surface area contributed by atoms with E-state index in [1.807, 2.05) is 0 Å². The standard InChI is InChI=1S/C12H11ClN4O4/c1-6-15-10(17-21-6)5-14-12(20)16-9-4-7(11(18)19)2-3-8(9)13/h2-4H,5H2,1H3,(H,18,19)(H2,14,16,20). The fourth-order valence-electron chi connectivity index (χ4n) is 1.49. The average Bonchev–Trinajstić information content (AvgIpc) is 2.84. The second-order valence-corrected chi connectivity index (χ2v) is 4.44. The molecule has 0 spiro atoms. The Kier molecular flexibility index (Phi) is 4.39. The van der Waals surface area contributed by atoms with Gasteiger partial charge < -0.3 is 20.3 Å². The lowest BCUT2D eigenvalue weighted by Crippen LogP contribution is -2.28. The van der Waals surface area contributed by atoms with Crippen LogP contribution in [0.4, 0.5) is 10.5 Å². The summed E-state index contributed by atoms with van der Waals surface area (Å²) in [6.07, 6.45) is 0. The summed E-state index contributed by atoms with van der Waals surface area (Å²) in [6.45, 7) is 1.70. The number of hydrogen-bond acceptors (Lipinski definition) is 5. The van der Waals surface area contributed by atoms with Crippen molar-refractivity contribution in [2.75, 3.05) is 5.32 Å². The van der Waals surface area contributed by atoms with Gasteiger partial charge in [-0.25, -0.2) is 9.59 Å². The number of carbonyl (C=O) groups is 2. The molecule has 0 saturated heterocycles. The maximum absolute atomic E-state index is 11.7. The van der Waals surface area contributed by atoms with E-state index in [1.54, 1.807) is 6.92 Å². The molecule has 1 aromatic heterocycles. The van der Waals surface area contributed by atoms with Crippen LogP contribution in [0.1, 0.15) is 22.1 Å². The van der Waals surface area contributed by atoms with Gasteiger partial charge in [0.2, 0.25) is 5.89 Å². The van der Waals surface area contributed by atoms with Crippen molar-refractivity contribution >= 4 is 29.3 Å². The zero-order valence-electron chi connectivity index (χ0n) is 10.9. The van der Waals surface area contributed by atoms with Crippen LogP contribution in [-0.4, -0.2) is 27.2 Å². The summed E-state index contributed by atoms with van der Waals surface area (Å²) in [5.74, 6) is -0.394. The predicted octanol–water partition coefficient (Wildman–Crippen LogP) is 2.05. The number of halogens is 1. The fraction of sp³-hybridized carbons (Fsp3) is 0.167. The third kappa shape index (κ3) is 3.93. The first kappa shape index (κ1) is 14.8. The Morgan fingerprint density at radius 3 is 2.81 bits per heavy atom. The van der Waals surface area contributed by atoms with Gasteiger partial charge in [0.1, 0.15) is 0 Å². The molecule has 9 heteroatoms. The molecule has 0 aliphatic carbocycles. The van der Waals surface area contributed by atoms with Gasteiger partial charge in [0.25, 0.3) is 0 Å². The first-order valence-corrected chi connectivity index (χ1v) is 6.20. The third-order valence-corrected chi connectivity index (χ3v) is 2.77.